The van der Waals surface area contributed by atoms with E-state index in [1.807, 2.05) is 6.92 Å². The molecule has 6 nitrogen and oxygen atoms in total. The molecule has 0 atom stereocenters. The third-order valence-electron chi connectivity index (χ3n) is 4.07. The van der Waals surface area contributed by atoms with Crippen molar-refractivity contribution in [1.82, 2.24) is 10.3 Å². The fourth-order valence-electron chi connectivity index (χ4n) is 2.63. The van der Waals surface area contributed by atoms with Crippen LogP contribution in [0.15, 0.2) is 10.8 Å². The molecule has 1 aliphatic carbocycles. The van der Waals surface area contributed by atoms with Gasteiger partial charge in [0.25, 0.3) is 5.91 Å². The van der Waals surface area contributed by atoms with Gasteiger partial charge in [-0.15, -0.1) is 0 Å². The zero-order chi connectivity index (χ0) is 14.8. The molecule has 1 saturated carbocycles. The predicted molar refractivity (Wildman–Crippen MR) is 71.3 cm³/mol. The van der Waals surface area contributed by atoms with Crippen LogP contribution in [0.5, 0.6) is 0 Å². The van der Waals surface area contributed by atoms with Crippen molar-refractivity contribution in [2.24, 2.45) is 5.92 Å². The van der Waals surface area contributed by atoms with Gasteiger partial charge in [0.1, 0.15) is 11.3 Å². The normalized spacial score (nSPS) is 26.2. The molecular weight excluding hydrogens is 260 g/mol. The fourth-order valence-corrected chi connectivity index (χ4v) is 2.63. The van der Waals surface area contributed by atoms with Gasteiger partial charge in [0.15, 0.2) is 12.1 Å². The number of aliphatic carboxylic acids is 1. The second-order valence-electron chi connectivity index (χ2n) is 5.50. The topological polar surface area (TPSA) is 92.4 Å². The number of oxazole rings is 1. The van der Waals surface area contributed by atoms with Crippen LogP contribution in [0.1, 0.15) is 55.8 Å². The summed E-state index contributed by atoms with van der Waals surface area (Å²) in [6, 6.07) is 0. The fraction of sp³-hybridized carbons (Fsp3) is 0.643. The van der Waals surface area contributed by atoms with E-state index in [1.165, 1.54) is 6.39 Å². The molecule has 0 radical (unpaired) electrons. The van der Waals surface area contributed by atoms with Crippen molar-refractivity contribution < 1.29 is 19.1 Å². The predicted octanol–water partition coefficient (Wildman–Crippen LogP) is 2.00. The number of carboxylic acids is 1. The summed E-state index contributed by atoms with van der Waals surface area (Å²) in [5, 5.41) is 12.2. The molecule has 0 unspecified atom stereocenters. The van der Waals surface area contributed by atoms with E-state index in [1.54, 1.807) is 0 Å². The van der Waals surface area contributed by atoms with Gasteiger partial charge in [0, 0.05) is 6.42 Å². The van der Waals surface area contributed by atoms with Gasteiger partial charge in [-0.05, 0) is 31.6 Å². The Morgan fingerprint density at radius 1 is 1.50 bits per heavy atom. The van der Waals surface area contributed by atoms with Crippen LogP contribution in [-0.4, -0.2) is 27.5 Å². The number of carbonyl (C=O) groups is 2. The number of carbonyl (C=O) groups excluding carboxylic acids is 1. The van der Waals surface area contributed by atoms with Gasteiger partial charge in [0.2, 0.25) is 0 Å². The summed E-state index contributed by atoms with van der Waals surface area (Å²) in [4.78, 5) is 27.7. The van der Waals surface area contributed by atoms with Crippen LogP contribution >= 0.6 is 0 Å². The first-order valence-electron chi connectivity index (χ1n) is 6.97. The quantitative estimate of drug-likeness (QED) is 0.880. The molecule has 1 fully saturated rings. The maximum atomic E-state index is 12.2. The minimum atomic E-state index is -1.17. The third kappa shape index (κ3) is 2.69. The van der Waals surface area contributed by atoms with Crippen LogP contribution < -0.4 is 5.32 Å². The van der Waals surface area contributed by atoms with Crippen LogP contribution in [0.2, 0.25) is 0 Å². The zero-order valence-corrected chi connectivity index (χ0v) is 11.8. The first kappa shape index (κ1) is 14.6. The smallest absolute Gasteiger partial charge is 0.329 e. The van der Waals surface area contributed by atoms with Crippen molar-refractivity contribution in [2.45, 2.75) is 51.5 Å². The van der Waals surface area contributed by atoms with Crippen molar-refractivity contribution in [3.63, 3.8) is 0 Å². The van der Waals surface area contributed by atoms with Crippen molar-refractivity contribution in [2.75, 3.05) is 0 Å². The number of hydrogen-bond donors (Lipinski definition) is 2. The summed E-state index contributed by atoms with van der Waals surface area (Å²) >= 11 is 0. The maximum Gasteiger partial charge on any atom is 0.329 e. The molecule has 1 heterocycles. The monoisotopic (exact) mass is 280 g/mol. The third-order valence-corrected chi connectivity index (χ3v) is 4.07. The van der Waals surface area contributed by atoms with E-state index in [4.69, 9.17) is 4.42 Å². The second-order valence-corrected chi connectivity index (χ2v) is 5.50. The van der Waals surface area contributed by atoms with Gasteiger partial charge in [-0.25, -0.2) is 9.78 Å². The summed E-state index contributed by atoms with van der Waals surface area (Å²) in [7, 11) is 0. The number of rotatable bonds is 4. The number of hydrogen-bond acceptors (Lipinski definition) is 4. The molecule has 0 aromatic carbocycles. The van der Waals surface area contributed by atoms with Gasteiger partial charge in [-0.2, -0.15) is 0 Å². The van der Waals surface area contributed by atoms with Crippen LogP contribution in [0.25, 0.3) is 0 Å². The lowest BCUT2D eigenvalue weighted by molar-refractivity contribution is -0.146. The molecule has 0 spiro atoms. The Morgan fingerprint density at radius 3 is 2.70 bits per heavy atom. The summed E-state index contributed by atoms with van der Waals surface area (Å²) in [5.41, 5.74) is -0.986. The van der Waals surface area contributed by atoms with E-state index in [0.717, 1.165) is 12.8 Å². The molecular formula is C14H20N2O4. The van der Waals surface area contributed by atoms with Gasteiger partial charge in [-0.1, -0.05) is 13.8 Å². The molecule has 110 valence electrons. The summed E-state index contributed by atoms with van der Waals surface area (Å²) in [6.45, 7) is 3.95. The van der Waals surface area contributed by atoms with Crippen molar-refractivity contribution in [1.29, 1.82) is 0 Å². The van der Waals surface area contributed by atoms with Crippen LogP contribution in [0.3, 0.4) is 0 Å². The number of nitrogens with zero attached hydrogens (tertiary/aromatic N) is 1. The van der Waals surface area contributed by atoms with E-state index in [9.17, 15) is 14.7 Å². The zero-order valence-electron chi connectivity index (χ0n) is 11.8. The summed E-state index contributed by atoms with van der Waals surface area (Å²) in [5.74, 6) is -0.461. The van der Waals surface area contributed by atoms with E-state index in [0.29, 0.717) is 30.9 Å². The van der Waals surface area contributed by atoms with Crippen LogP contribution in [0, 0.1) is 5.92 Å². The van der Waals surface area contributed by atoms with E-state index < -0.39 is 17.4 Å². The Balaban J connectivity index is 2.17. The number of aromatic nitrogens is 1. The van der Waals surface area contributed by atoms with Gasteiger partial charge in [0.05, 0.1) is 0 Å². The van der Waals surface area contributed by atoms with Crippen molar-refractivity contribution in [3.8, 4) is 0 Å². The standard InChI is InChI=1S/C14H20N2O4/c1-3-10-11(15-8-20-10)12(17)16-14(13(18)19)6-4-9(2)5-7-14/h8-9H,3-7H2,1-2H3,(H,16,17)(H,18,19). The molecule has 2 N–H and O–H groups in total. The molecule has 0 bridgehead atoms. The second kappa shape index (κ2) is 5.64. The lowest BCUT2D eigenvalue weighted by Gasteiger charge is -2.36. The van der Waals surface area contributed by atoms with Crippen LogP contribution in [0.4, 0.5) is 0 Å². The molecule has 2 rings (SSSR count). The average Bonchev–Trinajstić information content (AvgIpc) is 2.89. The minimum absolute atomic E-state index is 0.187. The van der Waals surface area contributed by atoms with Crippen LogP contribution in [-0.2, 0) is 11.2 Å². The first-order chi connectivity index (χ1) is 9.48. The van der Waals surface area contributed by atoms with Gasteiger partial charge >= 0.3 is 5.97 Å². The number of amides is 1. The largest absolute Gasteiger partial charge is 0.480 e. The lowest BCUT2D eigenvalue weighted by Crippen LogP contribution is -2.56. The highest BCUT2D eigenvalue weighted by molar-refractivity contribution is 5.97. The molecule has 1 aromatic heterocycles. The Kier molecular flexibility index (Phi) is 4.11. The maximum absolute atomic E-state index is 12.2. The molecule has 1 aliphatic rings. The Bertz CT molecular complexity index is 501. The van der Waals surface area contributed by atoms with Crippen molar-refractivity contribution >= 4 is 11.9 Å². The van der Waals surface area contributed by atoms with E-state index in [2.05, 4.69) is 17.2 Å². The molecule has 0 aliphatic heterocycles. The minimum Gasteiger partial charge on any atom is -0.480 e. The van der Waals surface area contributed by atoms with Crippen molar-refractivity contribution in [3.05, 3.63) is 17.8 Å². The van der Waals surface area contributed by atoms with Gasteiger partial charge in [-0.3, -0.25) is 4.79 Å². The summed E-state index contributed by atoms with van der Waals surface area (Å²) < 4.78 is 5.12. The molecule has 0 saturated heterocycles. The highest BCUT2D eigenvalue weighted by atomic mass is 16.4. The Labute approximate surface area is 117 Å². The number of carboxylic acid groups (broad SMARTS) is 1. The highest BCUT2D eigenvalue weighted by Gasteiger charge is 2.43. The molecule has 1 amide bonds. The highest BCUT2D eigenvalue weighted by Crippen LogP contribution is 2.32. The van der Waals surface area contributed by atoms with E-state index in [-0.39, 0.29) is 5.69 Å². The van der Waals surface area contributed by atoms with Gasteiger partial charge < -0.3 is 14.8 Å². The lowest BCUT2D eigenvalue weighted by atomic mass is 9.77. The van der Waals surface area contributed by atoms with E-state index >= 15 is 0 Å². The number of nitrogens with one attached hydrogen (secondary N) is 1. The SMILES string of the molecule is CCc1ocnc1C(=O)NC1(C(=O)O)CCC(C)CC1. The average molecular weight is 280 g/mol. The molecule has 20 heavy (non-hydrogen) atoms. The molecule has 1 aromatic rings. The Hall–Kier alpha value is -1.85. The summed E-state index contributed by atoms with van der Waals surface area (Å²) in [6.07, 6.45) is 4.26. The first-order valence-corrected chi connectivity index (χ1v) is 6.97. The Morgan fingerprint density at radius 2 is 2.15 bits per heavy atom. The molecule has 6 heteroatoms. The number of aryl methyl sites for hydroxylation is 1.